The Labute approximate surface area is 182 Å². The van der Waals surface area contributed by atoms with Gasteiger partial charge in [-0.15, -0.1) is 0 Å². The van der Waals surface area contributed by atoms with E-state index in [2.05, 4.69) is 15.3 Å². The van der Waals surface area contributed by atoms with E-state index in [0.29, 0.717) is 5.56 Å². The van der Waals surface area contributed by atoms with Crippen molar-refractivity contribution in [3.63, 3.8) is 0 Å². The van der Waals surface area contributed by atoms with E-state index in [1.54, 1.807) is 13.8 Å². The second-order valence-corrected chi connectivity index (χ2v) is 8.03. The molecule has 0 saturated carbocycles. The Bertz CT molecular complexity index is 1040. The maximum Gasteiger partial charge on any atom is 0.433 e. The third kappa shape index (κ3) is 4.52. The summed E-state index contributed by atoms with van der Waals surface area (Å²) < 4.78 is 50.5. The smallest absolute Gasteiger partial charge is 0.433 e. The summed E-state index contributed by atoms with van der Waals surface area (Å²) in [6, 6.07) is 4.91. The number of halogens is 3. The first-order chi connectivity index (χ1) is 14.8. The molecule has 2 aromatic heterocycles. The quantitative estimate of drug-likeness (QED) is 0.720. The molecule has 3 heterocycles. The molecule has 1 aliphatic rings. The molecule has 0 unspecified atom stereocenters. The molecule has 1 aliphatic heterocycles. The monoisotopic (exact) mass is 452 g/mol. The van der Waals surface area contributed by atoms with Gasteiger partial charge in [-0.3, -0.25) is 14.6 Å². The second-order valence-electron chi connectivity index (χ2n) is 8.03. The number of nitrogens with zero attached hydrogens (tertiary/aromatic N) is 2. The first-order valence-electron chi connectivity index (χ1n) is 9.72. The van der Waals surface area contributed by atoms with Gasteiger partial charge in [0.1, 0.15) is 17.5 Å². The van der Waals surface area contributed by atoms with Crippen molar-refractivity contribution < 1.29 is 32.2 Å². The second kappa shape index (κ2) is 8.38. The molecule has 3 rings (SSSR count). The minimum atomic E-state index is -4.64. The van der Waals surface area contributed by atoms with Crippen LogP contribution in [0.2, 0.25) is 0 Å². The Morgan fingerprint density at radius 3 is 2.53 bits per heavy atom. The van der Waals surface area contributed by atoms with Crippen LogP contribution in [0.15, 0.2) is 30.5 Å². The van der Waals surface area contributed by atoms with E-state index >= 15 is 0 Å². The summed E-state index contributed by atoms with van der Waals surface area (Å²) in [4.78, 5) is 31.9. The van der Waals surface area contributed by atoms with Crippen LogP contribution in [0.1, 0.15) is 48.4 Å². The van der Waals surface area contributed by atoms with Gasteiger partial charge >= 0.3 is 6.18 Å². The summed E-state index contributed by atoms with van der Waals surface area (Å²) in [5.41, 5.74) is 3.92. The highest BCUT2D eigenvalue weighted by atomic mass is 19.4. The van der Waals surface area contributed by atoms with Crippen LogP contribution in [0.25, 0.3) is 0 Å². The number of hydrogen-bond donors (Lipinski definition) is 2. The van der Waals surface area contributed by atoms with Crippen LogP contribution in [-0.4, -0.2) is 40.6 Å². The largest absolute Gasteiger partial charge is 0.481 e. The molecule has 0 spiro atoms. The minimum absolute atomic E-state index is 0.0333. The van der Waals surface area contributed by atoms with E-state index in [0.717, 1.165) is 6.07 Å². The van der Waals surface area contributed by atoms with Crippen molar-refractivity contribution in [2.45, 2.75) is 44.6 Å². The van der Waals surface area contributed by atoms with Gasteiger partial charge in [-0.1, -0.05) is 13.0 Å². The first-order valence-corrected chi connectivity index (χ1v) is 9.72. The van der Waals surface area contributed by atoms with Gasteiger partial charge in [0.25, 0.3) is 11.8 Å². The molecule has 172 valence electrons. The highest BCUT2D eigenvalue weighted by molar-refractivity contribution is 5.97. The van der Waals surface area contributed by atoms with Crippen molar-refractivity contribution in [1.82, 2.24) is 9.97 Å². The van der Waals surface area contributed by atoms with Gasteiger partial charge in [-0.2, -0.15) is 13.2 Å². The predicted octanol–water partition coefficient (Wildman–Crippen LogP) is 3.14. The zero-order valence-electron chi connectivity index (χ0n) is 17.9. The topological polar surface area (TPSA) is 116 Å². The maximum absolute atomic E-state index is 13.1. The van der Waals surface area contributed by atoms with Crippen LogP contribution in [0.4, 0.5) is 18.9 Å². The van der Waals surface area contributed by atoms with Crippen molar-refractivity contribution in [2.75, 3.05) is 12.4 Å². The Kier molecular flexibility index (Phi) is 6.14. The van der Waals surface area contributed by atoms with Gasteiger partial charge in [0.05, 0.1) is 12.7 Å². The highest BCUT2D eigenvalue weighted by Gasteiger charge is 2.51. The highest BCUT2D eigenvalue weighted by Crippen LogP contribution is 2.48. The number of methoxy groups -OCH3 is 1. The first kappa shape index (κ1) is 23.5. The molecule has 0 aromatic carbocycles. The number of carbonyl (C=O) groups is 2. The zero-order chi connectivity index (χ0) is 23.8. The lowest BCUT2D eigenvalue weighted by Crippen LogP contribution is -2.33. The van der Waals surface area contributed by atoms with Crippen molar-refractivity contribution in [3.8, 4) is 5.88 Å². The number of carbonyl (C=O) groups excluding carboxylic acids is 2. The normalized spacial score (nSPS) is 22.4. The van der Waals surface area contributed by atoms with Crippen molar-refractivity contribution in [1.29, 1.82) is 0 Å². The molecule has 2 aromatic rings. The number of alkyl halides is 3. The number of nitrogens with two attached hydrogens (primary N) is 1. The summed E-state index contributed by atoms with van der Waals surface area (Å²) in [6.07, 6.45) is -4.38. The maximum atomic E-state index is 13.1. The molecule has 1 fully saturated rings. The lowest BCUT2D eigenvalue weighted by Gasteiger charge is -2.25. The number of nitrogens with one attached hydrogen (secondary N) is 1. The molecule has 2 amide bonds. The van der Waals surface area contributed by atoms with Gasteiger partial charge < -0.3 is 20.5 Å². The standard InChI is InChI=1S/C21H23F3N4O4/c1-10-15(12-5-6-14(21(22,23)24)28-19(12)31-4)16(32-20(10,2)3)18(30)27-11-7-8-26-13(9-11)17(25)29/h5-10,15-16H,1-4H3,(H2,25,29)(H,26,27,30)/t10-,15-,16+/m0/s1. The van der Waals surface area contributed by atoms with Gasteiger partial charge in [0.2, 0.25) is 5.88 Å². The fraction of sp³-hybridized carbons (Fsp3) is 0.429. The summed E-state index contributed by atoms with van der Waals surface area (Å²) in [7, 11) is 1.22. The van der Waals surface area contributed by atoms with Gasteiger partial charge in [0.15, 0.2) is 0 Å². The van der Waals surface area contributed by atoms with Crippen LogP contribution in [0, 0.1) is 5.92 Å². The summed E-state index contributed by atoms with van der Waals surface area (Å²) >= 11 is 0. The molecule has 11 heteroatoms. The van der Waals surface area contributed by atoms with Crippen LogP contribution in [-0.2, 0) is 15.7 Å². The SMILES string of the molecule is COc1nc(C(F)(F)F)ccc1[C@H]1[C@H](C(=O)Nc2ccnc(C(N)=O)c2)OC(C)(C)[C@H]1C. The number of anilines is 1. The van der Waals surface area contributed by atoms with Gasteiger partial charge in [0, 0.05) is 23.4 Å². The van der Waals surface area contributed by atoms with E-state index in [1.807, 2.05) is 6.92 Å². The summed E-state index contributed by atoms with van der Waals surface area (Å²) in [5.74, 6) is -2.45. The fourth-order valence-electron chi connectivity index (χ4n) is 3.73. The molecule has 3 atom stereocenters. The average molecular weight is 452 g/mol. The molecule has 3 N–H and O–H groups in total. The Balaban J connectivity index is 1.98. The molecule has 8 nitrogen and oxygen atoms in total. The van der Waals surface area contributed by atoms with E-state index in [1.165, 1.54) is 31.5 Å². The lowest BCUT2D eigenvalue weighted by atomic mass is 9.78. The molecular formula is C21H23F3N4O4. The number of amides is 2. The number of ether oxygens (including phenoxy) is 2. The zero-order valence-corrected chi connectivity index (χ0v) is 17.9. The third-order valence-electron chi connectivity index (χ3n) is 5.66. The van der Waals surface area contributed by atoms with Crippen molar-refractivity contribution in [2.24, 2.45) is 11.7 Å². The van der Waals surface area contributed by atoms with Crippen molar-refractivity contribution >= 4 is 17.5 Å². The van der Waals surface area contributed by atoms with Crippen LogP contribution in [0.3, 0.4) is 0 Å². The molecule has 32 heavy (non-hydrogen) atoms. The Morgan fingerprint density at radius 2 is 1.94 bits per heavy atom. The minimum Gasteiger partial charge on any atom is -0.481 e. The van der Waals surface area contributed by atoms with Crippen molar-refractivity contribution in [3.05, 3.63) is 47.4 Å². The van der Waals surface area contributed by atoms with Gasteiger partial charge in [-0.25, -0.2) is 4.98 Å². The summed E-state index contributed by atoms with van der Waals surface area (Å²) in [6.45, 7) is 5.42. The number of primary amides is 1. The molecule has 0 aliphatic carbocycles. The Morgan fingerprint density at radius 1 is 1.25 bits per heavy atom. The number of aromatic nitrogens is 2. The Hall–Kier alpha value is -3.21. The third-order valence-corrected chi connectivity index (χ3v) is 5.66. The predicted molar refractivity (Wildman–Crippen MR) is 108 cm³/mol. The van der Waals surface area contributed by atoms with E-state index < -0.39 is 41.3 Å². The molecular weight excluding hydrogens is 429 g/mol. The van der Waals surface area contributed by atoms with Crippen LogP contribution in [0.5, 0.6) is 5.88 Å². The van der Waals surface area contributed by atoms with Crippen LogP contribution < -0.4 is 15.8 Å². The fourth-order valence-corrected chi connectivity index (χ4v) is 3.73. The molecule has 1 saturated heterocycles. The summed E-state index contributed by atoms with van der Waals surface area (Å²) in [5, 5.41) is 2.66. The van der Waals surface area contributed by atoms with E-state index in [9.17, 15) is 22.8 Å². The average Bonchev–Trinajstić information content (AvgIpc) is 2.96. The lowest BCUT2D eigenvalue weighted by molar-refractivity contribution is -0.141. The van der Waals surface area contributed by atoms with Crippen LogP contribution >= 0.6 is 0 Å². The van der Waals surface area contributed by atoms with Gasteiger partial charge in [-0.05, 0) is 38.0 Å². The molecule has 0 radical (unpaired) electrons. The number of rotatable bonds is 5. The van der Waals surface area contributed by atoms with E-state index in [-0.39, 0.29) is 23.2 Å². The number of hydrogen-bond acceptors (Lipinski definition) is 6. The number of pyridine rings is 2. The molecule has 0 bridgehead atoms. The van der Waals surface area contributed by atoms with E-state index in [4.69, 9.17) is 15.2 Å².